The number of furan rings is 1. The Hall–Kier alpha value is -2.59. The third-order valence-electron chi connectivity index (χ3n) is 5.85. The zero-order chi connectivity index (χ0) is 20.2. The Morgan fingerprint density at radius 1 is 1.17 bits per heavy atom. The van der Waals surface area contributed by atoms with Crippen molar-refractivity contribution < 1.29 is 9.25 Å². The van der Waals surface area contributed by atoms with E-state index in [1.807, 2.05) is 13.8 Å². The second-order valence-electron chi connectivity index (χ2n) is 7.92. The largest absolute Gasteiger partial charge is 0.461 e. The first-order chi connectivity index (χ1) is 14.1. The molecule has 152 valence electrons. The molecule has 29 heavy (non-hydrogen) atoms. The van der Waals surface area contributed by atoms with Crippen LogP contribution in [0.5, 0.6) is 0 Å². The van der Waals surface area contributed by atoms with E-state index >= 15 is 0 Å². The first-order valence-corrected chi connectivity index (χ1v) is 10.7. The Morgan fingerprint density at radius 2 is 2.03 bits per heavy atom. The molecule has 0 saturated carbocycles. The van der Waals surface area contributed by atoms with Gasteiger partial charge in [0.2, 0.25) is 0 Å². The maximum atomic E-state index is 6.10. The van der Waals surface area contributed by atoms with Crippen molar-refractivity contribution in [2.75, 3.05) is 19.7 Å². The fraction of sp³-hybridized carbons (Fsp3) is 0.400. The zero-order valence-electron chi connectivity index (χ0n) is 17.6. The second kappa shape index (κ2) is 8.83. The molecule has 4 rings (SSSR count). The van der Waals surface area contributed by atoms with Crippen LogP contribution in [-0.2, 0) is 11.3 Å². The Labute approximate surface area is 173 Å². The molecule has 4 heteroatoms. The van der Waals surface area contributed by atoms with Crippen LogP contribution in [0.25, 0.3) is 22.1 Å². The molecule has 1 aliphatic heterocycles. The van der Waals surface area contributed by atoms with Crippen molar-refractivity contribution in [2.24, 2.45) is 5.16 Å². The van der Waals surface area contributed by atoms with Crippen LogP contribution in [0.3, 0.4) is 0 Å². The van der Waals surface area contributed by atoms with E-state index in [0.29, 0.717) is 12.6 Å². The van der Waals surface area contributed by atoms with E-state index in [0.717, 1.165) is 41.0 Å². The number of fused-ring (bicyclic) bond motifs is 1. The molecule has 1 atom stereocenters. The fourth-order valence-electron chi connectivity index (χ4n) is 4.12. The van der Waals surface area contributed by atoms with Crippen molar-refractivity contribution in [2.45, 2.75) is 46.1 Å². The van der Waals surface area contributed by atoms with E-state index < -0.39 is 0 Å². The van der Waals surface area contributed by atoms with Gasteiger partial charge in [-0.25, -0.2) is 0 Å². The third kappa shape index (κ3) is 4.54. The minimum Gasteiger partial charge on any atom is -0.461 e. The lowest BCUT2D eigenvalue weighted by Gasteiger charge is -2.19. The van der Waals surface area contributed by atoms with Gasteiger partial charge in [-0.1, -0.05) is 29.4 Å². The summed E-state index contributed by atoms with van der Waals surface area (Å²) in [5.74, 6) is 1.07. The number of benzene rings is 2. The minimum absolute atomic E-state index is 0.577. The smallest absolute Gasteiger partial charge is 0.134 e. The molecule has 0 N–H and O–H groups in total. The van der Waals surface area contributed by atoms with Gasteiger partial charge in [0.05, 0.1) is 5.71 Å². The van der Waals surface area contributed by atoms with Crippen LogP contribution in [0.2, 0.25) is 0 Å². The highest BCUT2D eigenvalue weighted by molar-refractivity contribution is 5.99. The van der Waals surface area contributed by atoms with E-state index in [1.54, 1.807) is 0 Å². The molecule has 0 unspecified atom stereocenters. The molecule has 1 saturated heterocycles. The molecule has 0 spiro atoms. The van der Waals surface area contributed by atoms with Crippen molar-refractivity contribution in [3.8, 4) is 11.1 Å². The van der Waals surface area contributed by atoms with Crippen molar-refractivity contribution in [3.63, 3.8) is 0 Å². The quantitative estimate of drug-likeness (QED) is 0.373. The molecule has 2 heterocycles. The van der Waals surface area contributed by atoms with Gasteiger partial charge in [-0.15, -0.1) is 0 Å². The Balaban J connectivity index is 1.53. The fourth-order valence-corrected chi connectivity index (χ4v) is 4.12. The summed E-state index contributed by atoms with van der Waals surface area (Å²) < 4.78 is 6.10. The molecule has 0 radical (unpaired) electrons. The maximum Gasteiger partial charge on any atom is 0.134 e. The van der Waals surface area contributed by atoms with Crippen LogP contribution < -0.4 is 0 Å². The Bertz CT molecular complexity index is 1000. The maximum absolute atomic E-state index is 6.10. The van der Waals surface area contributed by atoms with E-state index in [9.17, 15) is 0 Å². The van der Waals surface area contributed by atoms with E-state index in [-0.39, 0.29) is 0 Å². The molecular weight excluding hydrogens is 360 g/mol. The monoisotopic (exact) mass is 390 g/mol. The van der Waals surface area contributed by atoms with Gasteiger partial charge in [-0.05, 0) is 81.1 Å². The average Bonchev–Trinajstić information content (AvgIpc) is 3.35. The van der Waals surface area contributed by atoms with Gasteiger partial charge >= 0.3 is 0 Å². The molecule has 1 fully saturated rings. The third-order valence-corrected chi connectivity index (χ3v) is 5.85. The summed E-state index contributed by atoms with van der Waals surface area (Å²) in [6.07, 6.45) is 3.60. The predicted molar refractivity (Wildman–Crippen MR) is 119 cm³/mol. The van der Waals surface area contributed by atoms with Crippen molar-refractivity contribution in [1.82, 2.24) is 4.90 Å². The van der Waals surface area contributed by atoms with Crippen molar-refractivity contribution in [3.05, 3.63) is 59.9 Å². The van der Waals surface area contributed by atoms with E-state index in [1.165, 1.54) is 30.5 Å². The lowest BCUT2D eigenvalue weighted by Crippen LogP contribution is -2.28. The predicted octanol–water partition coefficient (Wildman–Crippen LogP) is 5.89. The summed E-state index contributed by atoms with van der Waals surface area (Å²) in [6.45, 7) is 9.11. The van der Waals surface area contributed by atoms with Crippen LogP contribution in [0, 0.1) is 0 Å². The van der Waals surface area contributed by atoms with Gasteiger partial charge in [0.1, 0.15) is 18.0 Å². The summed E-state index contributed by atoms with van der Waals surface area (Å²) in [5, 5.41) is 5.32. The summed E-state index contributed by atoms with van der Waals surface area (Å²) in [7, 11) is 0. The average molecular weight is 391 g/mol. The normalized spacial score (nSPS) is 17.9. The van der Waals surface area contributed by atoms with E-state index in [2.05, 4.69) is 65.5 Å². The van der Waals surface area contributed by atoms with Crippen LogP contribution in [-0.4, -0.2) is 36.3 Å². The van der Waals surface area contributed by atoms with Gasteiger partial charge in [-0.2, -0.15) is 0 Å². The Morgan fingerprint density at radius 3 is 2.83 bits per heavy atom. The van der Waals surface area contributed by atoms with E-state index in [4.69, 9.17) is 9.25 Å². The molecule has 1 aliphatic rings. The van der Waals surface area contributed by atoms with Gasteiger partial charge in [0.25, 0.3) is 0 Å². The van der Waals surface area contributed by atoms with Crippen LogP contribution >= 0.6 is 0 Å². The molecule has 0 bridgehead atoms. The minimum atomic E-state index is 0.577. The number of hydrogen-bond acceptors (Lipinski definition) is 4. The van der Waals surface area contributed by atoms with Gasteiger partial charge < -0.3 is 14.2 Å². The first-order valence-electron chi connectivity index (χ1n) is 10.7. The number of rotatable bonds is 7. The lowest BCUT2D eigenvalue weighted by molar-refractivity contribution is 0.159. The SMILES string of the molecule is CCO/N=C(\C)c1cccc(-c2ccc3oc(CCN4CCC[C@H]4C)cc3c2)c1. The van der Waals surface area contributed by atoms with Gasteiger partial charge in [0, 0.05) is 24.4 Å². The molecule has 0 aliphatic carbocycles. The number of hydrogen-bond donors (Lipinski definition) is 0. The summed E-state index contributed by atoms with van der Waals surface area (Å²) >= 11 is 0. The van der Waals surface area contributed by atoms with Crippen LogP contribution in [0.4, 0.5) is 0 Å². The molecular formula is C25H30N2O2. The highest BCUT2D eigenvalue weighted by Gasteiger charge is 2.20. The Kier molecular flexibility index (Phi) is 6.00. The number of nitrogens with zero attached hydrogens (tertiary/aromatic N) is 2. The standard InChI is InChI=1S/C25H30N2O2/c1-4-28-26-19(3)20-8-5-9-21(15-20)22-10-11-25-23(16-22)17-24(29-25)12-14-27-13-6-7-18(27)2/h5,8-11,15-18H,4,6-7,12-14H2,1-3H3/b26-19+/t18-/m1/s1. The summed E-state index contributed by atoms with van der Waals surface area (Å²) in [6, 6.07) is 17.8. The highest BCUT2D eigenvalue weighted by atomic mass is 16.6. The molecule has 0 amide bonds. The topological polar surface area (TPSA) is 38.0 Å². The van der Waals surface area contributed by atoms with Crippen molar-refractivity contribution in [1.29, 1.82) is 0 Å². The molecule has 3 aromatic rings. The number of likely N-dealkylation sites (tertiary alicyclic amines) is 1. The summed E-state index contributed by atoms with van der Waals surface area (Å²) in [4.78, 5) is 7.76. The first kappa shape index (κ1) is 19.7. The lowest BCUT2D eigenvalue weighted by atomic mass is 10.0. The number of oxime groups is 1. The van der Waals surface area contributed by atoms with Gasteiger partial charge in [-0.3, -0.25) is 0 Å². The van der Waals surface area contributed by atoms with Gasteiger partial charge in [0.15, 0.2) is 0 Å². The highest BCUT2D eigenvalue weighted by Crippen LogP contribution is 2.28. The summed E-state index contributed by atoms with van der Waals surface area (Å²) in [5.41, 5.74) is 5.27. The zero-order valence-corrected chi connectivity index (χ0v) is 17.6. The molecule has 1 aromatic heterocycles. The second-order valence-corrected chi connectivity index (χ2v) is 7.92. The van der Waals surface area contributed by atoms with Crippen LogP contribution in [0.1, 0.15) is 44.9 Å². The van der Waals surface area contributed by atoms with Crippen LogP contribution in [0.15, 0.2) is 58.1 Å². The molecule has 4 nitrogen and oxygen atoms in total. The van der Waals surface area contributed by atoms with Crippen molar-refractivity contribution >= 4 is 16.7 Å². The molecule has 2 aromatic carbocycles.